The molecular formula is C13H20N2. The second kappa shape index (κ2) is 4.67. The van der Waals surface area contributed by atoms with E-state index < -0.39 is 0 Å². The number of anilines is 1. The summed E-state index contributed by atoms with van der Waals surface area (Å²) in [6.07, 6.45) is 3.63. The fraction of sp³-hybridized carbons (Fsp3) is 0.538. The number of nitrogens with zero attached hydrogens (tertiary/aromatic N) is 1. The summed E-state index contributed by atoms with van der Waals surface area (Å²) >= 11 is 0. The van der Waals surface area contributed by atoms with Crippen LogP contribution in [0.1, 0.15) is 25.3 Å². The van der Waals surface area contributed by atoms with Crippen LogP contribution in [0.15, 0.2) is 24.3 Å². The molecule has 15 heavy (non-hydrogen) atoms. The van der Waals surface area contributed by atoms with E-state index in [9.17, 15) is 0 Å². The van der Waals surface area contributed by atoms with Crippen molar-refractivity contribution >= 4 is 5.69 Å². The molecule has 0 saturated carbocycles. The van der Waals surface area contributed by atoms with E-state index in [0.717, 1.165) is 13.0 Å². The van der Waals surface area contributed by atoms with Crippen molar-refractivity contribution in [2.75, 3.05) is 18.0 Å². The third-order valence-corrected chi connectivity index (χ3v) is 3.25. The van der Waals surface area contributed by atoms with Gasteiger partial charge in [-0.1, -0.05) is 12.1 Å². The number of benzene rings is 1. The molecule has 1 aromatic carbocycles. The molecule has 0 bridgehead atoms. The third kappa shape index (κ3) is 2.32. The number of hydrogen-bond donors (Lipinski definition) is 1. The molecule has 1 aromatic rings. The molecule has 1 aliphatic rings. The molecular weight excluding hydrogens is 184 g/mol. The molecule has 0 aromatic heterocycles. The largest absolute Gasteiger partial charge is 0.369 e. The third-order valence-electron chi connectivity index (χ3n) is 3.25. The van der Waals surface area contributed by atoms with Gasteiger partial charge in [-0.05, 0) is 50.4 Å². The lowest BCUT2D eigenvalue weighted by Crippen LogP contribution is -2.26. The fourth-order valence-electron chi connectivity index (χ4n) is 2.34. The normalized spacial score (nSPS) is 20.9. The summed E-state index contributed by atoms with van der Waals surface area (Å²) in [5, 5.41) is 0. The van der Waals surface area contributed by atoms with Gasteiger partial charge in [-0.25, -0.2) is 0 Å². The van der Waals surface area contributed by atoms with Gasteiger partial charge in [-0.15, -0.1) is 0 Å². The average molecular weight is 204 g/mol. The molecule has 1 fully saturated rings. The van der Waals surface area contributed by atoms with Crippen molar-refractivity contribution in [2.24, 2.45) is 5.73 Å². The summed E-state index contributed by atoms with van der Waals surface area (Å²) in [5.41, 5.74) is 8.24. The van der Waals surface area contributed by atoms with Gasteiger partial charge in [-0.2, -0.15) is 0 Å². The molecule has 1 unspecified atom stereocenters. The minimum atomic E-state index is 0.699. The van der Waals surface area contributed by atoms with Crippen molar-refractivity contribution < 1.29 is 0 Å². The highest BCUT2D eigenvalue weighted by Gasteiger charge is 2.19. The van der Waals surface area contributed by atoms with Crippen LogP contribution in [-0.2, 0) is 6.42 Å². The standard InChI is InChI=1S/C13H20N2/c1-11-3-2-10-15(11)13-6-4-12(5-7-13)8-9-14/h4-7,11H,2-3,8-10,14H2,1H3. The van der Waals surface area contributed by atoms with Crippen molar-refractivity contribution in [1.82, 2.24) is 0 Å². The highest BCUT2D eigenvalue weighted by Crippen LogP contribution is 2.25. The minimum Gasteiger partial charge on any atom is -0.369 e. The quantitative estimate of drug-likeness (QED) is 0.817. The topological polar surface area (TPSA) is 29.3 Å². The van der Waals surface area contributed by atoms with Crippen molar-refractivity contribution in [3.8, 4) is 0 Å². The van der Waals surface area contributed by atoms with Crippen LogP contribution in [0.3, 0.4) is 0 Å². The zero-order valence-corrected chi connectivity index (χ0v) is 9.45. The van der Waals surface area contributed by atoms with Crippen molar-refractivity contribution in [2.45, 2.75) is 32.2 Å². The first-order valence-corrected chi connectivity index (χ1v) is 5.87. The Kier molecular flexibility index (Phi) is 3.27. The van der Waals surface area contributed by atoms with Gasteiger partial charge in [0.2, 0.25) is 0 Å². The van der Waals surface area contributed by atoms with Gasteiger partial charge in [0.15, 0.2) is 0 Å². The predicted octanol–water partition coefficient (Wildman–Crippen LogP) is 2.18. The van der Waals surface area contributed by atoms with E-state index >= 15 is 0 Å². The number of nitrogens with two attached hydrogens (primary N) is 1. The Morgan fingerprint density at radius 2 is 2.07 bits per heavy atom. The van der Waals surface area contributed by atoms with E-state index in [1.807, 2.05) is 0 Å². The Morgan fingerprint density at radius 3 is 2.60 bits per heavy atom. The van der Waals surface area contributed by atoms with Crippen LogP contribution in [0.2, 0.25) is 0 Å². The second-order valence-electron chi connectivity index (χ2n) is 4.39. The average Bonchev–Trinajstić information content (AvgIpc) is 2.66. The van der Waals surface area contributed by atoms with E-state index in [1.165, 1.54) is 30.6 Å². The smallest absolute Gasteiger partial charge is 0.0368 e. The maximum absolute atomic E-state index is 5.53. The summed E-state index contributed by atoms with van der Waals surface area (Å²) in [6.45, 7) is 4.25. The van der Waals surface area contributed by atoms with Crippen LogP contribution in [-0.4, -0.2) is 19.1 Å². The molecule has 82 valence electrons. The molecule has 0 aliphatic carbocycles. The first-order chi connectivity index (χ1) is 7.31. The Hall–Kier alpha value is -1.02. The molecule has 1 saturated heterocycles. The lowest BCUT2D eigenvalue weighted by Gasteiger charge is -2.23. The van der Waals surface area contributed by atoms with Gasteiger partial charge in [0, 0.05) is 18.3 Å². The molecule has 1 aliphatic heterocycles. The zero-order chi connectivity index (χ0) is 10.7. The van der Waals surface area contributed by atoms with Crippen LogP contribution in [0.25, 0.3) is 0 Å². The van der Waals surface area contributed by atoms with Crippen molar-refractivity contribution in [1.29, 1.82) is 0 Å². The van der Waals surface area contributed by atoms with Gasteiger partial charge in [0.25, 0.3) is 0 Å². The van der Waals surface area contributed by atoms with Gasteiger partial charge in [0.05, 0.1) is 0 Å². The SMILES string of the molecule is CC1CCCN1c1ccc(CCN)cc1. The molecule has 1 atom stereocenters. The van der Waals surface area contributed by atoms with Gasteiger partial charge < -0.3 is 10.6 Å². The van der Waals surface area contributed by atoms with E-state index in [2.05, 4.69) is 36.1 Å². The van der Waals surface area contributed by atoms with Gasteiger partial charge >= 0.3 is 0 Å². The van der Waals surface area contributed by atoms with Crippen molar-refractivity contribution in [3.05, 3.63) is 29.8 Å². The molecule has 1 heterocycles. The van der Waals surface area contributed by atoms with Crippen molar-refractivity contribution in [3.63, 3.8) is 0 Å². The second-order valence-corrected chi connectivity index (χ2v) is 4.39. The number of hydrogen-bond acceptors (Lipinski definition) is 2. The Morgan fingerprint density at radius 1 is 1.33 bits per heavy atom. The van der Waals surface area contributed by atoms with E-state index in [0.29, 0.717) is 6.04 Å². The van der Waals surface area contributed by atoms with Gasteiger partial charge in [0.1, 0.15) is 0 Å². The van der Waals surface area contributed by atoms with Crippen LogP contribution in [0.5, 0.6) is 0 Å². The van der Waals surface area contributed by atoms with E-state index in [1.54, 1.807) is 0 Å². The predicted molar refractivity (Wildman–Crippen MR) is 65.2 cm³/mol. The first kappa shape index (κ1) is 10.5. The Balaban J connectivity index is 2.09. The maximum Gasteiger partial charge on any atom is 0.0368 e. The summed E-state index contributed by atoms with van der Waals surface area (Å²) < 4.78 is 0. The minimum absolute atomic E-state index is 0.699. The summed E-state index contributed by atoms with van der Waals surface area (Å²) in [5.74, 6) is 0. The molecule has 2 rings (SSSR count). The summed E-state index contributed by atoms with van der Waals surface area (Å²) in [6, 6.07) is 9.56. The Bertz CT molecular complexity index is 305. The zero-order valence-electron chi connectivity index (χ0n) is 9.45. The van der Waals surface area contributed by atoms with E-state index in [4.69, 9.17) is 5.73 Å². The van der Waals surface area contributed by atoms with Crippen LogP contribution in [0, 0.1) is 0 Å². The lowest BCUT2D eigenvalue weighted by molar-refractivity contribution is 0.735. The van der Waals surface area contributed by atoms with Crippen LogP contribution < -0.4 is 10.6 Å². The molecule has 2 nitrogen and oxygen atoms in total. The summed E-state index contributed by atoms with van der Waals surface area (Å²) in [7, 11) is 0. The highest BCUT2D eigenvalue weighted by molar-refractivity contribution is 5.49. The van der Waals surface area contributed by atoms with Crippen LogP contribution >= 0.6 is 0 Å². The van der Waals surface area contributed by atoms with Crippen LogP contribution in [0.4, 0.5) is 5.69 Å². The molecule has 2 heteroatoms. The Labute approximate surface area is 92.1 Å². The molecule has 0 amide bonds. The maximum atomic E-state index is 5.53. The first-order valence-electron chi connectivity index (χ1n) is 5.87. The summed E-state index contributed by atoms with van der Waals surface area (Å²) in [4.78, 5) is 2.49. The van der Waals surface area contributed by atoms with Gasteiger partial charge in [-0.3, -0.25) is 0 Å². The lowest BCUT2D eigenvalue weighted by atomic mass is 10.1. The monoisotopic (exact) mass is 204 g/mol. The fourth-order valence-corrected chi connectivity index (χ4v) is 2.34. The molecule has 0 radical (unpaired) electrons. The molecule has 0 spiro atoms. The number of rotatable bonds is 3. The highest BCUT2D eigenvalue weighted by atomic mass is 15.2. The van der Waals surface area contributed by atoms with E-state index in [-0.39, 0.29) is 0 Å². The molecule has 2 N–H and O–H groups in total.